The van der Waals surface area contributed by atoms with Gasteiger partial charge >= 0.3 is 0 Å². The molecule has 35 heavy (non-hydrogen) atoms. The fourth-order valence-corrected chi connectivity index (χ4v) is 4.80. The first kappa shape index (κ1) is 25.2. The van der Waals surface area contributed by atoms with Crippen LogP contribution < -0.4 is 5.32 Å². The summed E-state index contributed by atoms with van der Waals surface area (Å²) in [5, 5.41) is 3.04. The number of rotatable bonds is 4. The fraction of sp³-hybridized carbons (Fsp3) is 0.452. The second kappa shape index (κ2) is 12.7. The Labute approximate surface area is 211 Å². The second-order valence-electron chi connectivity index (χ2n) is 10.2. The summed E-state index contributed by atoms with van der Waals surface area (Å²) in [4.78, 5) is 17.7. The van der Waals surface area contributed by atoms with Gasteiger partial charge in [-0.3, -0.25) is 9.69 Å². The SMILES string of the molecule is CC1/C=C(/C#Cc2cccc(C(=O)Nc3ccc(CN4CCN(C)CC4)cc3)c2)CCCCCC1. The number of allylic oxidation sites excluding steroid dienone is 2. The average molecular weight is 470 g/mol. The van der Waals surface area contributed by atoms with E-state index in [1.165, 1.54) is 43.2 Å². The van der Waals surface area contributed by atoms with Crippen molar-refractivity contribution in [2.45, 2.75) is 52.0 Å². The molecular weight excluding hydrogens is 430 g/mol. The standard InChI is InChI=1S/C31H39N3O/c1-25-8-5-3-4-6-9-26(22-25)12-13-27-10-7-11-29(23-27)31(35)32-30-16-14-28(15-17-30)24-34-20-18-33(2)19-21-34/h7,10-11,14-17,22-23,25H,3-6,8-9,18-21,24H2,1-2H3,(H,32,35)/b26-22+. The van der Waals surface area contributed by atoms with E-state index in [-0.39, 0.29) is 5.91 Å². The molecule has 2 aliphatic rings. The predicted molar refractivity (Wildman–Crippen MR) is 145 cm³/mol. The first-order valence-electron chi connectivity index (χ1n) is 13.2. The summed E-state index contributed by atoms with van der Waals surface area (Å²) in [6, 6.07) is 15.9. The lowest BCUT2D eigenvalue weighted by molar-refractivity contribution is 0.102. The first-order valence-corrected chi connectivity index (χ1v) is 13.2. The maximum Gasteiger partial charge on any atom is 0.255 e. The zero-order chi connectivity index (χ0) is 24.5. The minimum absolute atomic E-state index is 0.101. The summed E-state index contributed by atoms with van der Waals surface area (Å²) in [5.74, 6) is 7.18. The van der Waals surface area contributed by atoms with Gasteiger partial charge in [0, 0.05) is 49.5 Å². The molecule has 0 bridgehead atoms. The third kappa shape index (κ3) is 8.09. The van der Waals surface area contributed by atoms with E-state index in [2.05, 4.69) is 59.1 Å². The molecule has 1 heterocycles. The molecular formula is C31H39N3O. The van der Waals surface area contributed by atoms with Gasteiger partial charge < -0.3 is 10.2 Å². The summed E-state index contributed by atoms with van der Waals surface area (Å²) in [6.45, 7) is 7.69. The van der Waals surface area contributed by atoms with Crippen LogP contribution in [-0.2, 0) is 6.54 Å². The summed E-state index contributed by atoms with van der Waals surface area (Å²) >= 11 is 0. The highest BCUT2D eigenvalue weighted by atomic mass is 16.1. The Balaban J connectivity index is 1.36. The molecule has 1 saturated heterocycles. The van der Waals surface area contributed by atoms with Crippen LogP contribution in [0.1, 0.15) is 66.9 Å². The number of carbonyl (C=O) groups excluding carboxylic acids is 1. The Bertz CT molecular complexity index is 1070. The number of benzene rings is 2. The van der Waals surface area contributed by atoms with Gasteiger partial charge in [-0.25, -0.2) is 0 Å². The first-order chi connectivity index (χ1) is 17.0. The molecule has 0 radical (unpaired) electrons. The Kier molecular flexibility index (Phi) is 9.17. The molecule has 1 N–H and O–H groups in total. The summed E-state index contributed by atoms with van der Waals surface area (Å²) in [6.07, 6.45) is 9.80. The zero-order valence-electron chi connectivity index (χ0n) is 21.4. The van der Waals surface area contributed by atoms with Gasteiger partial charge in [0.15, 0.2) is 0 Å². The van der Waals surface area contributed by atoms with E-state index in [1.54, 1.807) is 0 Å². The highest BCUT2D eigenvalue weighted by Gasteiger charge is 2.14. The van der Waals surface area contributed by atoms with Crippen LogP contribution in [0.3, 0.4) is 0 Å². The maximum atomic E-state index is 12.9. The molecule has 2 aromatic rings. The van der Waals surface area contributed by atoms with E-state index < -0.39 is 0 Å². The highest BCUT2D eigenvalue weighted by molar-refractivity contribution is 6.04. The number of nitrogens with zero attached hydrogens (tertiary/aromatic N) is 2. The molecule has 0 aromatic heterocycles. The van der Waals surface area contributed by atoms with Crippen molar-refractivity contribution in [1.82, 2.24) is 9.80 Å². The van der Waals surface area contributed by atoms with E-state index in [4.69, 9.17) is 0 Å². The van der Waals surface area contributed by atoms with E-state index in [0.717, 1.165) is 50.4 Å². The number of anilines is 1. The Morgan fingerprint density at radius 3 is 2.54 bits per heavy atom. The van der Waals surface area contributed by atoms with Gasteiger partial charge in [-0.15, -0.1) is 0 Å². The molecule has 1 fully saturated rings. The third-order valence-corrected chi connectivity index (χ3v) is 7.05. The largest absolute Gasteiger partial charge is 0.322 e. The number of likely N-dealkylation sites (N-methyl/N-ethyl adjacent to an activating group) is 1. The molecule has 184 valence electrons. The van der Waals surface area contributed by atoms with Crippen molar-refractivity contribution < 1.29 is 4.79 Å². The summed E-state index contributed by atoms with van der Waals surface area (Å²) in [7, 11) is 2.18. The number of amides is 1. The minimum atomic E-state index is -0.101. The maximum absolute atomic E-state index is 12.9. The quantitative estimate of drug-likeness (QED) is 0.562. The molecule has 0 saturated carbocycles. The van der Waals surface area contributed by atoms with Crippen molar-refractivity contribution in [2.75, 3.05) is 38.5 Å². The lowest BCUT2D eigenvalue weighted by atomic mass is 10.0. The molecule has 4 nitrogen and oxygen atoms in total. The van der Waals surface area contributed by atoms with Crippen LogP contribution >= 0.6 is 0 Å². The van der Waals surface area contributed by atoms with Crippen molar-refractivity contribution in [3.63, 3.8) is 0 Å². The van der Waals surface area contributed by atoms with Crippen LogP contribution in [0.25, 0.3) is 0 Å². The van der Waals surface area contributed by atoms with Gasteiger partial charge in [0.05, 0.1) is 0 Å². The monoisotopic (exact) mass is 469 g/mol. The predicted octanol–water partition coefficient (Wildman–Crippen LogP) is 5.95. The third-order valence-electron chi connectivity index (χ3n) is 7.05. The highest BCUT2D eigenvalue weighted by Crippen LogP contribution is 2.20. The molecule has 4 rings (SSSR count). The van der Waals surface area contributed by atoms with Gasteiger partial charge in [0.1, 0.15) is 0 Å². The van der Waals surface area contributed by atoms with Gasteiger partial charge in [-0.05, 0) is 73.7 Å². The van der Waals surface area contributed by atoms with Gasteiger partial charge in [-0.2, -0.15) is 0 Å². The number of carbonyl (C=O) groups is 1. The molecule has 2 aromatic carbocycles. The van der Waals surface area contributed by atoms with Crippen molar-refractivity contribution in [1.29, 1.82) is 0 Å². The van der Waals surface area contributed by atoms with Crippen LogP contribution in [0, 0.1) is 17.8 Å². The summed E-state index contributed by atoms with van der Waals surface area (Å²) in [5.41, 5.74) is 4.85. The van der Waals surface area contributed by atoms with Crippen LogP contribution in [-0.4, -0.2) is 48.9 Å². The van der Waals surface area contributed by atoms with Gasteiger partial charge in [0.25, 0.3) is 5.91 Å². The average Bonchev–Trinajstić information content (AvgIpc) is 2.97. The van der Waals surface area contributed by atoms with Crippen LogP contribution in [0.4, 0.5) is 5.69 Å². The van der Waals surface area contributed by atoms with Crippen molar-refractivity contribution in [3.8, 4) is 11.8 Å². The Hall–Kier alpha value is -2.87. The van der Waals surface area contributed by atoms with E-state index in [9.17, 15) is 4.79 Å². The van der Waals surface area contributed by atoms with Crippen molar-refractivity contribution in [2.24, 2.45) is 5.92 Å². The van der Waals surface area contributed by atoms with Crippen LogP contribution in [0.15, 0.2) is 60.2 Å². The second-order valence-corrected chi connectivity index (χ2v) is 10.2. The van der Waals surface area contributed by atoms with Crippen LogP contribution in [0.2, 0.25) is 0 Å². The normalized spacial score (nSPS) is 21.4. The smallest absolute Gasteiger partial charge is 0.255 e. The zero-order valence-corrected chi connectivity index (χ0v) is 21.4. The van der Waals surface area contributed by atoms with Crippen molar-refractivity contribution >= 4 is 11.6 Å². The fourth-order valence-electron chi connectivity index (χ4n) is 4.80. The van der Waals surface area contributed by atoms with E-state index in [0.29, 0.717) is 11.5 Å². The topological polar surface area (TPSA) is 35.6 Å². The van der Waals surface area contributed by atoms with E-state index >= 15 is 0 Å². The lowest BCUT2D eigenvalue weighted by Crippen LogP contribution is -2.43. The number of nitrogens with one attached hydrogen (secondary N) is 1. The molecule has 1 aliphatic heterocycles. The minimum Gasteiger partial charge on any atom is -0.322 e. The number of hydrogen-bond acceptors (Lipinski definition) is 3. The molecule has 1 aliphatic carbocycles. The van der Waals surface area contributed by atoms with Crippen molar-refractivity contribution in [3.05, 3.63) is 76.9 Å². The lowest BCUT2D eigenvalue weighted by Gasteiger charge is -2.32. The Morgan fingerprint density at radius 2 is 1.74 bits per heavy atom. The molecule has 1 atom stereocenters. The van der Waals surface area contributed by atoms with Crippen LogP contribution in [0.5, 0.6) is 0 Å². The Morgan fingerprint density at radius 1 is 0.971 bits per heavy atom. The molecule has 4 heteroatoms. The van der Waals surface area contributed by atoms with E-state index in [1.807, 2.05) is 36.4 Å². The summed E-state index contributed by atoms with van der Waals surface area (Å²) < 4.78 is 0. The van der Waals surface area contributed by atoms with Gasteiger partial charge in [0.2, 0.25) is 0 Å². The molecule has 0 spiro atoms. The molecule has 1 unspecified atom stereocenters. The molecule has 1 amide bonds. The van der Waals surface area contributed by atoms with Gasteiger partial charge in [-0.1, -0.05) is 62.3 Å². The number of hydrogen-bond donors (Lipinski definition) is 1. The number of piperazine rings is 1.